The van der Waals surface area contributed by atoms with Gasteiger partial charge in [0.1, 0.15) is 42.0 Å². The molecule has 3 aliphatic heterocycles. The first-order valence-electron chi connectivity index (χ1n) is 12.9. The highest BCUT2D eigenvalue weighted by Gasteiger charge is 2.51. The summed E-state index contributed by atoms with van der Waals surface area (Å²) >= 11 is 0. The average Bonchev–Trinajstić information content (AvgIpc) is 3.69. The van der Waals surface area contributed by atoms with Gasteiger partial charge in [0.05, 0.1) is 31.5 Å². The van der Waals surface area contributed by atoms with Crippen LogP contribution in [-0.2, 0) is 23.1 Å². The van der Waals surface area contributed by atoms with E-state index in [2.05, 4.69) is 29.9 Å². The van der Waals surface area contributed by atoms with Crippen LogP contribution in [0, 0.1) is 5.92 Å². The van der Waals surface area contributed by atoms with Crippen molar-refractivity contribution in [3.05, 3.63) is 25.3 Å². The van der Waals surface area contributed by atoms with Crippen molar-refractivity contribution in [3.8, 4) is 0 Å². The number of imidazole rings is 2. The van der Waals surface area contributed by atoms with Gasteiger partial charge in [-0.1, -0.05) is 6.42 Å². The monoisotopic (exact) mass is 590 g/mol. The van der Waals surface area contributed by atoms with E-state index >= 15 is 0 Å². The van der Waals surface area contributed by atoms with Gasteiger partial charge in [-0.2, -0.15) is 0 Å². The summed E-state index contributed by atoms with van der Waals surface area (Å²) in [7, 11) is -4.71. The number of rotatable bonds is 2. The van der Waals surface area contributed by atoms with Gasteiger partial charge in [0.25, 0.3) is 0 Å². The molecule has 0 radical (unpaired) electrons. The molecule has 41 heavy (non-hydrogen) atoms. The van der Waals surface area contributed by atoms with Crippen molar-refractivity contribution in [1.82, 2.24) is 39.0 Å². The van der Waals surface area contributed by atoms with Crippen molar-refractivity contribution in [1.29, 1.82) is 0 Å². The van der Waals surface area contributed by atoms with Gasteiger partial charge in [0.2, 0.25) is 0 Å². The molecule has 0 amide bonds. The van der Waals surface area contributed by atoms with E-state index in [0.717, 1.165) is 0 Å². The van der Waals surface area contributed by atoms with Crippen LogP contribution in [0.3, 0.4) is 0 Å². The molecule has 18 nitrogen and oxygen atoms in total. The maximum atomic E-state index is 13.0. The molecule has 3 saturated heterocycles. The number of phosphoric acid groups is 1. The quantitative estimate of drug-likeness (QED) is 0.187. The smallest absolute Gasteiger partial charge is 0.388 e. The number of aromatic nitrogens is 8. The first-order valence-corrected chi connectivity index (χ1v) is 14.4. The molecular formula is C22H27N10O8P. The standard InChI is InChI=1S/C22H27N10O8P/c23-17-12-19(27-5-25-17)31(7-29-12)21-14(33)9-2-1-3-10-16(40-41(35,36)37-4-11(9)39-21)15(34)22(38-10)32-8-30-13-18(24)26-6-28-20(13)32/h5-11,14-16,21-22,33-34H,1-4H2,(H,35,36)(H2,23,25,27)(H2,24,26,28). The minimum atomic E-state index is -4.71. The number of anilines is 2. The van der Waals surface area contributed by atoms with Crippen LogP contribution >= 0.6 is 7.82 Å². The fourth-order valence-electron chi connectivity index (χ4n) is 5.87. The molecule has 9 unspecified atom stereocenters. The van der Waals surface area contributed by atoms with Crippen LogP contribution in [0.15, 0.2) is 25.3 Å². The predicted octanol–water partition coefficient (Wildman–Crippen LogP) is -0.350. The molecule has 7 heterocycles. The Morgan fingerprint density at radius 3 is 2.05 bits per heavy atom. The van der Waals surface area contributed by atoms with E-state index in [0.29, 0.717) is 41.6 Å². The molecule has 19 heteroatoms. The van der Waals surface area contributed by atoms with Gasteiger partial charge in [0.15, 0.2) is 35.4 Å². The number of nitrogens with zero attached hydrogens (tertiary/aromatic N) is 8. The number of hydrogen-bond acceptors (Lipinski definition) is 15. The summed E-state index contributed by atoms with van der Waals surface area (Å²) in [5.41, 5.74) is 13.2. The Balaban J connectivity index is 1.14. The molecule has 7 N–H and O–H groups in total. The van der Waals surface area contributed by atoms with Crippen molar-refractivity contribution < 1.29 is 38.2 Å². The fourth-order valence-corrected chi connectivity index (χ4v) is 6.84. The van der Waals surface area contributed by atoms with Crippen LogP contribution in [0.5, 0.6) is 0 Å². The molecule has 9 atom stereocenters. The number of nitrogens with two attached hydrogens (primary N) is 2. The van der Waals surface area contributed by atoms with Gasteiger partial charge < -0.3 is 36.0 Å². The van der Waals surface area contributed by atoms with Crippen LogP contribution in [0.4, 0.5) is 11.6 Å². The van der Waals surface area contributed by atoms with E-state index in [1.165, 1.54) is 29.9 Å². The number of fused-ring (bicyclic) bond motifs is 4. The second-order valence-corrected chi connectivity index (χ2v) is 11.6. The summed E-state index contributed by atoms with van der Waals surface area (Å²) in [6.45, 7) is -0.351. The lowest BCUT2D eigenvalue weighted by Gasteiger charge is -2.23. The molecule has 0 saturated carbocycles. The normalized spacial score (nSPS) is 36.3. The van der Waals surface area contributed by atoms with E-state index in [9.17, 15) is 19.7 Å². The van der Waals surface area contributed by atoms with Crippen LogP contribution in [0.25, 0.3) is 22.3 Å². The highest BCUT2D eigenvalue weighted by atomic mass is 31.2. The number of aliphatic hydroxyl groups excluding tert-OH is 2. The topological polar surface area (TPSA) is 254 Å². The summed E-state index contributed by atoms with van der Waals surface area (Å²) in [4.78, 5) is 35.3. The third-order valence-corrected chi connectivity index (χ3v) is 8.82. The van der Waals surface area contributed by atoms with Crippen LogP contribution in [-0.4, -0.2) is 91.3 Å². The predicted molar refractivity (Wildman–Crippen MR) is 137 cm³/mol. The SMILES string of the molecule is Nc1ncnc2c1ncn2C1OC2COP(=O)(O)OC3C(CCCC2C1O)OC(n1cnc2c(N)ncnc21)C3O. The number of hydrogen-bond donors (Lipinski definition) is 5. The molecule has 7 rings (SSSR count). The van der Waals surface area contributed by atoms with Gasteiger partial charge in [-0.15, -0.1) is 0 Å². The molecule has 4 aromatic rings. The minimum absolute atomic E-state index is 0.158. The number of ether oxygens (including phenoxy) is 2. The van der Waals surface area contributed by atoms with Crippen LogP contribution < -0.4 is 11.5 Å². The second kappa shape index (κ2) is 9.88. The van der Waals surface area contributed by atoms with Crippen molar-refractivity contribution in [3.63, 3.8) is 0 Å². The Bertz CT molecular complexity index is 1650. The lowest BCUT2D eigenvalue weighted by Crippen LogP contribution is -2.34. The summed E-state index contributed by atoms with van der Waals surface area (Å²) in [5.74, 6) is -0.136. The number of phosphoric ester groups is 1. The molecule has 3 aliphatic rings. The summed E-state index contributed by atoms with van der Waals surface area (Å²) < 4.78 is 39.1. The van der Waals surface area contributed by atoms with E-state index in [1.54, 1.807) is 4.57 Å². The average molecular weight is 590 g/mol. The Hall–Kier alpha value is -3.35. The maximum absolute atomic E-state index is 13.0. The molecule has 0 aromatic carbocycles. The first-order chi connectivity index (χ1) is 19.7. The summed E-state index contributed by atoms with van der Waals surface area (Å²) in [6, 6.07) is 0. The van der Waals surface area contributed by atoms with E-state index < -0.39 is 56.7 Å². The maximum Gasteiger partial charge on any atom is 0.472 e. The van der Waals surface area contributed by atoms with Gasteiger partial charge in [-0.05, 0) is 12.8 Å². The largest absolute Gasteiger partial charge is 0.472 e. The van der Waals surface area contributed by atoms with Gasteiger partial charge in [-0.25, -0.2) is 34.5 Å². The zero-order chi connectivity index (χ0) is 28.5. The van der Waals surface area contributed by atoms with Gasteiger partial charge in [0, 0.05) is 5.92 Å². The number of nitrogen functional groups attached to an aromatic ring is 2. The molecule has 4 aromatic heterocycles. The van der Waals surface area contributed by atoms with Crippen molar-refractivity contribution >= 4 is 41.8 Å². The zero-order valence-electron chi connectivity index (χ0n) is 21.3. The third kappa shape index (κ3) is 4.43. The minimum Gasteiger partial charge on any atom is -0.388 e. The molecule has 3 fully saturated rings. The Morgan fingerprint density at radius 1 is 0.829 bits per heavy atom. The highest BCUT2D eigenvalue weighted by Crippen LogP contribution is 2.51. The highest BCUT2D eigenvalue weighted by molar-refractivity contribution is 7.47. The third-order valence-electron chi connectivity index (χ3n) is 7.84. The molecule has 0 aliphatic carbocycles. The van der Waals surface area contributed by atoms with Gasteiger partial charge in [-0.3, -0.25) is 18.2 Å². The van der Waals surface area contributed by atoms with E-state index in [-0.39, 0.29) is 18.2 Å². The van der Waals surface area contributed by atoms with E-state index in [4.69, 9.17) is 30.0 Å². The van der Waals surface area contributed by atoms with Crippen molar-refractivity contribution in [2.45, 2.75) is 62.2 Å². The lowest BCUT2D eigenvalue weighted by molar-refractivity contribution is -0.0529. The Morgan fingerprint density at radius 2 is 1.41 bits per heavy atom. The van der Waals surface area contributed by atoms with Gasteiger partial charge >= 0.3 is 7.82 Å². The lowest BCUT2D eigenvalue weighted by atomic mass is 9.91. The summed E-state index contributed by atoms with van der Waals surface area (Å²) in [5, 5.41) is 22.5. The van der Waals surface area contributed by atoms with Crippen molar-refractivity contribution in [2.24, 2.45) is 5.92 Å². The molecular weight excluding hydrogens is 563 g/mol. The van der Waals surface area contributed by atoms with Crippen LogP contribution in [0.2, 0.25) is 0 Å². The molecule has 0 spiro atoms. The second-order valence-electron chi connectivity index (χ2n) is 10.2. The number of aliphatic hydroxyl groups is 2. The first kappa shape index (κ1) is 26.5. The molecule has 218 valence electrons. The van der Waals surface area contributed by atoms with Crippen LogP contribution in [0.1, 0.15) is 31.7 Å². The Kier molecular flexibility index (Phi) is 6.40. The summed E-state index contributed by atoms with van der Waals surface area (Å²) in [6.07, 6.45) is -0.391. The van der Waals surface area contributed by atoms with Crippen molar-refractivity contribution in [2.75, 3.05) is 18.1 Å². The zero-order valence-corrected chi connectivity index (χ0v) is 22.2. The van der Waals surface area contributed by atoms with E-state index in [1.807, 2.05) is 0 Å². The Labute approximate surface area is 230 Å². The molecule has 0 bridgehead atoms. The fraction of sp³-hybridized carbons (Fsp3) is 0.545.